The van der Waals surface area contributed by atoms with Crippen molar-refractivity contribution >= 4 is 35.0 Å². The maximum absolute atomic E-state index is 12.4. The van der Waals surface area contributed by atoms with Crippen LogP contribution in [-0.2, 0) is 11.3 Å². The van der Waals surface area contributed by atoms with Gasteiger partial charge in [0.15, 0.2) is 16.7 Å². The van der Waals surface area contributed by atoms with Crippen LogP contribution in [0.5, 0.6) is 0 Å². The number of anilines is 1. The van der Waals surface area contributed by atoms with Crippen molar-refractivity contribution in [2.45, 2.75) is 30.8 Å². The van der Waals surface area contributed by atoms with Crippen LogP contribution < -0.4 is 5.32 Å². The second kappa shape index (κ2) is 7.76. The van der Waals surface area contributed by atoms with Crippen molar-refractivity contribution in [3.05, 3.63) is 47.7 Å². The van der Waals surface area contributed by atoms with E-state index in [0.29, 0.717) is 34.0 Å². The van der Waals surface area contributed by atoms with Crippen LogP contribution in [0.1, 0.15) is 13.8 Å². The van der Waals surface area contributed by atoms with E-state index in [9.17, 15) is 4.79 Å². The number of hydrogen-bond acceptors (Lipinski definition) is 5. The van der Waals surface area contributed by atoms with Gasteiger partial charge < -0.3 is 9.73 Å². The number of aromatic nitrogens is 3. The largest absolute Gasteiger partial charge is 0.461 e. The zero-order valence-electron chi connectivity index (χ0n) is 13.8. The summed E-state index contributed by atoms with van der Waals surface area (Å²) >= 11 is 7.29. The average molecular weight is 377 g/mol. The van der Waals surface area contributed by atoms with Crippen molar-refractivity contribution in [1.29, 1.82) is 0 Å². The summed E-state index contributed by atoms with van der Waals surface area (Å²) < 4.78 is 7.32. The highest BCUT2D eigenvalue weighted by Crippen LogP contribution is 2.27. The Morgan fingerprint density at radius 1 is 1.36 bits per heavy atom. The van der Waals surface area contributed by atoms with Gasteiger partial charge in [0.2, 0.25) is 5.91 Å². The maximum Gasteiger partial charge on any atom is 0.237 e. The number of rotatable bonds is 6. The second-order valence-electron chi connectivity index (χ2n) is 5.29. The molecule has 8 heteroatoms. The summed E-state index contributed by atoms with van der Waals surface area (Å²) in [5, 5.41) is 12.1. The van der Waals surface area contributed by atoms with Gasteiger partial charge in [-0.2, -0.15) is 0 Å². The number of carbonyl (C=O) groups excluding carboxylic acids is 1. The molecular formula is C17H17ClN4O2S. The Kier molecular flexibility index (Phi) is 5.45. The fourth-order valence-corrected chi connectivity index (χ4v) is 3.37. The average Bonchev–Trinajstić information content (AvgIpc) is 3.23. The lowest BCUT2D eigenvalue weighted by atomic mass is 10.3. The number of thioether (sulfide) groups is 1. The Morgan fingerprint density at radius 2 is 2.20 bits per heavy atom. The molecule has 0 aliphatic carbocycles. The molecule has 25 heavy (non-hydrogen) atoms. The zero-order valence-corrected chi connectivity index (χ0v) is 15.3. The van der Waals surface area contributed by atoms with Crippen molar-refractivity contribution in [3.8, 4) is 11.6 Å². The molecule has 0 aliphatic heterocycles. The molecule has 3 aromatic rings. The Balaban J connectivity index is 1.72. The fraction of sp³-hybridized carbons (Fsp3) is 0.235. The third-order valence-corrected chi connectivity index (χ3v) is 4.83. The van der Waals surface area contributed by atoms with Gasteiger partial charge in [0.05, 0.1) is 11.5 Å². The van der Waals surface area contributed by atoms with Gasteiger partial charge in [0.1, 0.15) is 0 Å². The van der Waals surface area contributed by atoms with Gasteiger partial charge in [-0.15, -0.1) is 10.2 Å². The van der Waals surface area contributed by atoms with Gasteiger partial charge in [-0.25, -0.2) is 0 Å². The van der Waals surface area contributed by atoms with Crippen LogP contribution in [0.15, 0.2) is 52.2 Å². The minimum atomic E-state index is -0.349. The lowest BCUT2D eigenvalue weighted by molar-refractivity contribution is -0.115. The van der Waals surface area contributed by atoms with Crippen molar-refractivity contribution < 1.29 is 9.21 Å². The van der Waals surface area contributed by atoms with E-state index in [1.165, 1.54) is 11.8 Å². The first-order chi connectivity index (χ1) is 12.1. The van der Waals surface area contributed by atoms with E-state index in [1.54, 1.807) is 36.6 Å². The van der Waals surface area contributed by atoms with Crippen LogP contribution in [0.4, 0.5) is 5.69 Å². The summed E-state index contributed by atoms with van der Waals surface area (Å²) in [5.41, 5.74) is 0.665. The van der Waals surface area contributed by atoms with Gasteiger partial charge in [0, 0.05) is 17.3 Å². The standard InChI is InChI=1S/C17H17ClN4O2S/c1-3-22-15(14-8-5-9-24-14)20-21-17(22)25-11(2)16(23)19-13-7-4-6-12(18)10-13/h4-11H,3H2,1-2H3,(H,19,23)/t11-/m1/s1. The van der Waals surface area contributed by atoms with Gasteiger partial charge in [-0.05, 0) is 44.2 Å². The molecule has 0 saturated heterocycles. The summed E-state index contributed by atoms with van der Waals surface area (Å²) in [6.45, 7) is 4.50. The molecule has 0 aliphatic rings. The summed E-state index contributed by atoms with van der Waals surface area (Å²) in [4.78, 5) is 12.4. The van der Waals surface area contributed by atoms with Crippen LogP contribution in [0.2, 0.25) is 5.02 Å². The van der Waals surface area contributed by atoms with Crippen molar-refractivity contribution in [1.82, 2.24) is 14.8 Å². The van der Waals surface area contributed by atoms with Gasteiger partial charge in [0.25, 0.3) is 0 Å². The highest BCUT2D eigenvalue weighted by molar-refractivity contribution is 8.00. The number of amides is 1. The highest BCUT2D eigenvalue weighted by atomic mass is 35.5. The van der Waals surface area contributed by atoms with Crippen LogP contribution in [-0.4, -0.2) is 25.9 Å². The molecule has 2 heterocycles. The lowest BCUT2D eigenvalue weighted by Gasteiger charge is -2.12. The quantitative estimate of drug-likeness (QED) is 0.648. The Hall–Kier alpha value is -2.25. The summed E-state index contributed by atoms with van der Waals surface area (Å²) in [6.07, 6.45) is 1.60. The minimum absolute atomic E-state index is 0.127. The molecule has 0 unspecified atom stereocenters. The Labute approximate surface area is 154 Å². The number of nitrogens with zero attached hydrogens (tertiary/aromatic N) is 3. The first kappa shape index (κ1) is 17.6. The van der Waals surface area contributed by atoms with Gasteiger partial charge in [-0.3, -0.25) is 9.36 Å². The predicted molar refractivity (Wildman–Crippen MR) is 98.8 cm³/mol. The van der Waals surface area contributed by atoms with Crippen LogP contribution in [0, 0.1) is 0 Å². The number of nitrogens with one attached hydrogen (secondary N) is 1. The molecule has 1 atom stereocenters. The smallest absolute Gasteiger partial charge is 0.237 e. The SMILES string of the molecule is CCn1c(S[C@H](C)C(=O)Nc2cccc(Cl)c2)nnc1-c1ccco1. The fourth-order valence-electron chi connectivity index (χ4n) is 2.27. The van der Waals surface area contributed by atoms with E-state index in [4.69, 9.17) is 16.0 Å². The molecule has 0 saturated carbocycles. The number of halogens is 1. The van der Waals surface area contributed by atoms with E-state index in [1.807, 2.05) is 24.5 Å². The zero-order chi connectivity index (χ0) is 17.8. The topological polar surface area (TPSA) is 73.0 Å². The van der Waals surface area contributed by atoms with Crippen molar-refractivity contribution in [2.75, 3.05) is 5.32 Å². The molecule has 1 N–H and O–H groups in total. The van der Waals surface area contributed by atoms with Crippen LogP contribution >= 0.6 is 23.4 Å². The van der Waals surface area contributed by atoms with E-state index >= 15 is 0 Å². The summed E-state index contributed by atoms with van der Waals surface area (Å²) in [5.74, 6) is 1.17. The lowest BCUT2D eigenvalue weighted by Crippen LogP contribution is -2.22. The van der Waals surface area contributed by atoms with Crippen molar-refractivity contribution in [3.63, 3.8) is 0 Å². The van der Waals surface area contributed by atoms with Crippen LogP contribution in [0.25, 0.3) is 11.6 Å². The number of carbonyl (C=O) groups is 1. The third-order valence-electron chi connectivity index (χ3n) is 3.52. The molecule has 0 fully saturated rings. The van der Waals surface area contributed by atoms with Gasteiger partial charge in [-0.1, -0.05) is 29.4 Å². The Morgan fingerprint density at radius 3 is 2.88 bits per heavy atom. The Bertz CT molecular complexity index is 863. The predicted octanol–water partition coefficient (Wildman–Crippen LogP) is 4.33. The number of benzene rings is 1. The highest BCUT2D eigenvalue weighted by Gasteiger charge is 2.21. The van der Waals surface area contributed by atoms with Crippen molar-refractivity contribution in [2.24, 2.45) is 0 Å². The molecule has 0 spiro atoms. The first-order valence-electron chi connectivity index (χ1n) is 7.78. The normalized spacial score (nSPS) is 12.1. The minimum Gasteiger partial charge on any atom is -0.461 e. The molecule has 2 aromatic heterocycles. The molecule has 6 nitrogen and oxygen atoms in total. The van der Waals surface area contributed by atoms with E-state index < -0.39 is 0 Å². The van der Waals surface area contributed by atoms with E-state index in [2.05, 4.69) is 15.5 Å². The molecule has 1 amide bonds. The van der Waals surface area contributed by atoms with E-state index in [-0.39, 0.29) is 11.2 Å². The third kappa shape index (κ3) is 4.05. The molecule has 0 bridgehead atoms. The van der Waals surface area contributed by atoms with Crippen LogP contribution in [0.3, 0.4) is 0 Å². The summed E-state index contributed by atoms with van der Waals surface area (Å²) in [6, 6.07) is 10.7. The summed E-state index contributed by atoms with van der Waals surface area (Å²) in [7, 11) is 0. The van der Waals surface area contributed by atoms with Gasteiger partial charge >= 0.3 is 0 Å². The monoisotopic (exact) mass is 376 g/mol. The van der Waals surface area contributed by atoms with E-state index in [0.717, 1.165) is 0 Å². The number of furan rings is 1. The molecule has 1 aromatic carbocycles. The molecule has 3 rings (SSSR count). The maximum atomic E-state index is 12.4. The number of hydrogen-bond donors (Lipinski definition) is 1. The molecular weight excluding hydrogens is 360 g/mol. The second-order valence-corrected chi connectivity index (χ2v) is 7.03. The molecule has 0 radical (unpaired) electrons. The molecule has 130 valence electrons. The first-order valence-corrected chi connectivity index (χ1v) is 9.04.